The predicted octanol–water partition coefficient (Wildman–Crippen LogP) is 1.66. The molecule has 1 rings (SSSR count). The summed E-state index contributed by atoms with van der Waals surface area (Å²) in [6, 6.07) is 3.66. The molecule has 0 unspecified atom stereocenters. The van der Waals surface area contributed by atoms with E-state index in [1.165, 1.54) is 26.0 Å². The monoisotopic (exact) mass is 294 g/mol. The van der Waals surface area contributed by atoms with E-state index in [1.54, 1.807) is 0 Å². The van der Waals surface area contributed by atoms with E-state index in [0.717, 1.165) is 6.07 Å². The van der Waals surface area contributed by atoms with Crippen LogP contribution in [0.5, 0.6) is 0 Å². The number of carbonyl (C=O) groups excluding carboxylic acids is 4. The van der Waals surface area contributed by atoms with Gasteiger partial charge in [0.15, 0.2) is 0 Å². The third kappa shape index (κ3) is 5.94. The number of hydrogen-bond donors (Lipinski definition) is 2. The van der Waals surface area contributed by atoms with Gasteiger partial charge in [0.25, 0.3) is 0 Å². The van der Waals surface area contributed by atoms with Gasteiger partial charge in [-0.05, 0) is 32.0 Å². The quantitative estimate of drug-likeness (QED) is 0.780. The third-order valence-corrected chi connectivity index (χ3v) is 2.35. The molecule has 0 heterocycles. The summed E-state index contributed by atoms with van der Waals surface area (Å²) in [7, 11) is 0. The van der Waals surface area contributed by atoms with Crippen LogP contribution in [0.15, 0.2) is 18.2 Å². The third-order valence-electron chi connectivity index (χ3n) is 2.35. The fourth-order valence-corrected chi connectivity index (χ4v) is 1.55. The standard InChI is InChI=1S/C14H15FN2O4/c1-8(18)5-13(20)16-10-3-4-12(11(15)7-10)17-14(21)6-9(2)19/h3-4,7H,5-6H2,1-2H3,(H,16,20)(H,17,21). The number of ketones is 2. The maximum Gasteiger partial charge on any atom is 0.231 e. The topological polar surface area (TPSA) is 92.3 Å². The normalized spacial score (nSPS) is 9.86. The predicted molar refractivity (Wildman–Crippen MR) is 74.3 cm³/mol. The van der Waals surface area contributed by atoms with Crippen molar-refractivity contribution < 1.29 is 23.6 Å². The van der Waals surface area contributed by atoms with Gasteiger partial charge in [0.2, 0.25) is 11.8 Å². The molecular formula is C14H15FN2O4. The van der Waals surface area contributed by atoms with Crippen LogP contribution in [0.4, 0.5) is 15.8 Å². The average Bonchev–Trinajstić information content (AvgIpc) is 2.30. The van der Waals surface area contributed by atoms with Crippen LogP contribution in [0.25, 0.3) is 0 Å². The molecule has 0 aliphatic heterocycles. The number of benzene rings is 1. The molecule has 7 heteroatoms. The molecule has 0 saturated heterocycles. The van der Waals surface area contributed by atoms with Crippen molar-refractivity contribution in [1.29, 1.82) is 0 Å². The minimum Gasteiger partial charge on any atom is -0.326 e. The highest BCUT2D eigenvalue weighted by molar-refractivity contribution is 6.04. The highest BCUT2D eigenvalue weighted by atomic mass is 19.1. The minimum atomic E-state index is -0.757. The first-order valence-corrected chi connectivity index (χ1v) is 6.16. The molecule has 0 aliphatic rings. The first-order chi connectivity index (χ1) is 9.77. The molecule has 0 spiro atoms. The molecule has 6 nitrogen and oxygen atoms in total. The fraction of sp³-hybridized carbons (Fsp3) is 0.286. The molecule has 0 atom stereocenters. The zero-order valence-electron chi connectivity index (χ0n) is 11.7. The van der Waals surface area contributed by atoms with Gasteiger partial charge in [-0.2, -0.15) is 0 Å². The summed E-state index contributed by atoms with van der Waals surface area (Å²) in [6.45, 7) is 2.53. The van der Waals surface area contributed by atoms with E-state index in [4.69, 9.17) is 0 Å². The molecule has 112 valence electrons. The number of anilines is 2. The van der Waals surface area contributed by atoms with Gasteiger partial charge in [-0.3, -0.25) is 19.2 Å². The van der Waals surface area contributed by atoms with Gasteiger partial charge in [0, 0.05) is 5.69 Å². The molecule has 2 N–H and O–H groups in total. The molecule has 0 bridgehead atoms. The Morgan fingerprint density at radius 1 is 0.952 bits per heavy atom. The maximum absolute atomic E-state index is 13.7. The molecule has 0 fully saturated rings. The van der Waals surface area contributed by atoms with Crippen LogP contribution >= 0.6 is 0 Å². The largest absolute Gasteiger partial charge is 0.326 e. The second kappa shape index (κ2) is 7.28. The number of hydrogen-bond acceptors (Lipinski definition) is 4. The van der Waals surface area contributed by atoms with Gasteiger partial charge in [0.05, 0.1) is 18.5 Å². The van der Waals surface area contributed by atoms with Crippen LogP contribution in [0, 0.1) is 5.82 Å². The van der Waals surface area contributed by atoms with Crippen molar-refractivity contribution in [3.63, 3.8) is 0 Å². The summed E-state index contributed by atoms with van der Waals surface area (Å²) in [5.74, 6) is -2.56. The van der Waals surface area contributed by atoms with Crippen molar-refractivity contribution in [3.05, 3.63) is 24.0 Å². The smallest absolute Gasteiger partial charge is 0.231 e. The summed E-state index contributed by atoms with van der Waals surface area (Å²) in [5, 5.41) is 4.61. The van der Waals surface area contributed by atoms with Crippen LogP contribution in [0.2, 0.25) is 0 Å². The number of amides is 2. The zero-order valence-corrected chi connectivity index (χ0v) is 11.7. The Bertz CT molecular complexity index is 599. The second-order valence-corrected chi connectivity index (χ2v) is 4.55. The lowest BCUT2D eigenvalue weighted by molar-refractivity contribution is -0.125. The lowest BCUT2D eigenvalue weighted by Gasteiger charge is -2.08. The van der Waals surface area contributed by atoms with E-state index in [9.17, 15) is 23.6 Å². The minimum absolute atomic E-state index is 0.0918. The van der Waals surface area contributed by atoms with E-state index in [2.05, 4.69) is 10.6 Å². The van der Waals surface area contributed by atoms with Crippen molar-refractivity contribution in [1.82, 2.24) is 0 Å². The Labute approximate surface area is 120 Å². The van der Waals surface area contributed by atoms with Gasteiger partial charge in [-0.25, -0.2) is 4.39 Å². The van der Waals surface area contributed by atoms with E-state index in [0.29, 0.717) is 0 Å². The number of nitrogens with one attached hydrogen (secondary N) is 2. The number of halogens is 1. The number of rotatable bonds is 6. The molecule has 0 aliphatic carbocycles. The summed E-state index contributed by atoms with van der Waals surface area (Å²) in [4.78, 5) is 44.2. The van der Waals surface area contributed by atoms with Crippen LogP contribution < -0.4 is 10.6 Å². The highest BCUT2D eigenvalue weighted by Gasteiger charge is 2.11. The molecule has 0 aromatic heterocycles. The molecule has 2 amide bonds. The number of Topliss-reactive ketones (excluding diaryl/α,β-unsaturated/α-hetero) is 2. The van der Waals surface area contributed by atoms with Crippen LogP contribution in [-0.2, 0) is 19.2 Å². The van der Waals surface area contributed by atoms with Crippen molar-refractivity contribution >= 4 is 34.8 Å². The first-order valence-electron chi connectivity index (χ1n) is 6.16. The van der Waals surface area contributed by atoms with Gasteiger partial charge >= 0.3 is 0 Å². The Morgan fingerprint density at radius 3 is 1.95 bits per heavy atom. The lowest BCUT2D eigenvalue weighted by atomic mass is 10.2. The van der Waals surface area contributed by atoms with Crippen LogP contribution in [-0.4, -0.2) is 23.4 Å². The highest BCUT2D eigenvalue weighted by Crippen LogP contribution is 2.19. The zero-order chi connectivity index (χ0) is 16.0. The molecule has 1 aromatic rings. The SMILES string of the molecule is CC(=O)CC(=O)Nc1ccc(NC(=O)CC(C)=O)c(F)c1. The second-order valence-electron chi connectivity index (χ2n) is 4.55. The first kappa shape index (κ1) is 16.5. The molecule has 0 saturated carbocycles. The van der Waals surface area contributed by atoms with Crippen LogP contribution in [0.3, 0.4) is 0 Å². The van der Waals surface area contributed by atoms with E-state index < -0.39 is 17.6 Å². The molecule has 21 heavy (non-hydrogen) atoms. The number of carbonyl (C=O) groups is 4. The van der Waals surface area contributed by atoms with Gasteiger partial charge in [-0.1, -0.05) is 0 Å². The van der Waals surface area contributed by atoms with Gasteiger partial charge in [0.1, 0.15) is 17.4 Å². The molecular weight excluding hydrogens is 279 g/mol. The summed E-state index contributed by atoms with van der Waals surface area (Å²) >= 11 is 0. The molecule has 0 radical (unpaired) electrons. The lowest BCUT2D eigenvalue weighted by Crippen LogP contribution is -2.17. The van der Waals surface area contributed by atoms with Gasteiger partial charge < -0.3 is 10.6 Å². The fourth-order valence-electron chi connectivity index (χ4n) is 1.55. The van der Waals surface area contributed by atoms with Crippen molar-refractivity contribution in [2.75, 3.05) is 10.6 Å². The van der Waals surface area contributed by atoms with Gasteiger partial charge in [-0.15, -0.1) is 0 Å². The summed E-state index contributed by atoms with van der Waals surface area (Å²) in [5.41, 5.74) is 0.0779. The van der Waals surface area contributed by atoms with Crippen LogP contribution in [0.1, 0.15) is 26.7 Å². The Kier molecular flexibility index (Phi) is 5.71. The van der Waals surface area contributed by atoms with Crippen molar-refractivity contribution in [3.8, 4) is 0 Å². The summed E-state index contributed by atoms with van der Waals surface area (Å²) < 4.78 is 13.7. The Morgan fingerprint density at radius 2 is 1.48 bits per heavy atom. The van der Waals surface area contributed by atoms with Crippen molar-refractivity contribution in [2.24, 2.45) is 0 Å². The molecule has 1 aromatic carbocycles. The maximum atomic E-state index is 13.7. The van der Waals surface area contributed by atoms with Crippen molar-refractivity contribution in [2.45, 2.75) is 26.7 Å². The summed E-state index contributed by atoms with van der Waals surface area (Å²) in [6.07, 6.45) is -0.630. The Balaban J connectivity index is 2.72. The van der Waals surface area contributed by atoms with E-state index >= 15 is 0 Å². The Hall–Kier alpha value is -2.57. The van der Waals surface area contributed by atoms with E-state index in [1.807, 2.05) is 0 Å². The van der Waals surface area contributed by atoms with E-state index in [-0.39, 0.29) is 35.8 Å². The average molecular weight is 294 g/mol.